The summed E-state index contributed by atoms with van der Waals surface area (Å²) in [7, 11) is 1.71. The number of nitrogens with zero attached hydrogens (tertiary/aromatic N) is 1. The average molecular weight is 245 g/mol. The summed E-state index contributed by atoms with van der Waals surface area (Å²) < 4.78 is 10.5. The number of ether oxygens (including phenoxy) is 2. The molecule has 1 N–H and O–H groups in total. The van der Waals surface area contributed by atoms with Crippen LogP contribution in [0.5, 0.6) is 0 Å². The summed E-state index contributed by atoms with van der Waals surface area (Å²) in [6.45, 7) is 4.28. The van der Waals surface area contributed by atoms with Gasteiger partial charge < -0.3 is 14.6 Å². The normalized spacial score (nSPS) is 17.1. The summed E-state index contributed by atoms with van der Waals surface area (Å²) in [6.07, 6.45) is 6.19. The molecule has 0 aromatic carbocycles. The van der Waals surface area contributed by atoms with Crippen LogP contribution in [0, 0.1) is 0 Å². The van der Waals surface area contributed by atoms with Gasteiger partial charge in [0.15, 0.2) is 0 Å². The van der Waals surface area contributed by atoms with Crippen molar-refractivity contribution in [2.45, 2.75) is 38.1 Å². The Bertz CT molecular complexity index is 172. The van der Waals surface area contributed by atoms with E-state index in [2.05, 4.69) is 4.90 Å². The van der Waals surface area contributed by atoms with E-state index in [0.29, 0.717) is 6.04 Å². The predicted molar refractivity (Wildman–Crippen MR) is 68.2 cm³/mol. The lowest BCUT2D eigenvalue weighted by Crippen LogP contribution is -2.38. The van der Waals surface area contributed by atoms with Gasteiger partial charge in [0.1, 0.15) is 0 Å². The van der Waals surface area contributed by atoms with E-state index in [4.69, 9.17) is 14.6 Å². The highest BCUT2D eigenvalue weighted by Gasteiger charge is 2.21. The molecular formula is C13H27NO3. The lowest BCUT2D eigenvalue weighted by molar-refractivity contribution is 0.0656. The van der Waals surface area contributed by atoms with Crippen LogP contribution in [0.15, 0.2) is 0 Å². The van der Waals surface area contributed by atoms with Gasteiger partial charge in [0.2, 0.25) is 0 Å². The fourth-order valence-electron chi connectivity index (χ4n) is 2.46. The zero-order valence-corrected chi connectivity index (χ0v) is 11.1. The fourth-order valence-corrected chi connectivity index (χ4v) is 2.46. The third-order valence-electron chi connectivity index (χ3n) is 3.39. The number of rotatable bonds is 10. The molecule has 102 valence electrons. The van der Waals surface area contributed by atoms with Gasteiger partial charge in [-0.3, -0.25) is 4.90 Å². The zero-order valence-electron chi connectivity index (χ0n) is 11.1. The monoisotopic (exact) mass is 245 g/mol. The van der Waals surface area contributed by atoms with Crippen LogP contribution in [0.4, 0.5) is 0 Å². The second-order valence-electron chi connectivity index (χ2n) is 4.66. The van der Waals surface area contributed by atoms with E-state index in [-0.39, 0.29) is 6.61 Å². The Balaban J connectivity index is 2.07. The first-order valence-corrected chi connectivity index (χ1v) is 6.80. The maximum atomic E-state index is 9.07. The lowest BCUT2D eigenvalue weighted by Gasteiger charge is -2.27. The molecular weight excluding hydrogens is 218 g/mol. The predicted octanol–water partition coefficient (Wildman–Crippen LogP) is 1.28. The van der Waals surface area contributed by atoms with Crippen molar-refractivity contribution in [3.63, 3.8) is 0 Å². The van der Waals surface area contributed by atoms with Crippen LogP contribution >= 0.6 is 0 Å². The van der Waals surface area contributed by atoms with Gasteiger partial charge in [0, 0.05) is 39.5 Å². The van der Waals surface area contributed by atoms with Crippen LogP contribution in [-0.2, 0) is 9.47 Å². The lowest BCUT2D eigenvalue weighted by atomic mass is 10.2. The van der Waals surface area contributed by atoms with Crippen molar-refractivity contribution in [3.8, 4) is 0 Å². The van der Waals surface area contributed by atoms with Crippen LogP contribution in [0.1, 0.15) is 32.1 Å². The van der Waals surface area contributed by atoms with E-state index >= 15 is 0 Å². The van der Waals surface area contributed by atoms with Gasteiger partial charge in [-0.25, -0.2) is 0 Å². The van der Waals surface area contributed by atoms with Crippen LogP contribution in [0.25, 0.3) is 0 Å². The summed E-state index contributed by atoms with van der Waals surface area (Å²) in [5, 5.41) is 9.07. The minimum atomic E-state index is 0.250. The topological polar surface area (TPSA) is 41.9 Å². The van der Waals surface area contributed by atoms with Crippen LogP contribution in [0.2, 0.25) is 0 Å². The van der Waals surface area contributed by atoms with E-state index in [1.54, 1.807) is 7.11 Å². The fraction of sp³-hybridized carbons (Fsp3) is 1.00. The Morgan fingerprint density at radius 3 is 2.53 bits per heavy atom. The minimum Gasteiger partial charge on any atom is -0.395 e. The largest absolute Gasteiger partial charge is 0.395 e. The van der Waals surface area contributed by atoms with Crippen molar-refractivity contribution < 1.29 is 14.6 Å². The maximum absolute atomic E-state index is 9.07. The van der Waals surface area contributed by atoms with Crippen molar-refractivity contribution in [1.82, 2.24) is 4.90 Å². The Hall–Kier alpha value is -0.160. The second kappa shape index (κ2) is 9.83. The van der Waals surface area contributed by atoms with Crippen molar-refractivity contribution >= 4 is 0 Å². The van der Waals surface area contributed by atoms with Crippen molar-refractivity contribution in [3.05, 3.63) is 0 Å². The molecule has 0 atom stereocenters. The summed E-state index contributed by atoms with van der Waals surface area (Å²) in [5.74, 6) is 0. The highest BCUT2D eigenvalue weighted by atomic mass is 16.5. The Labute approximate surface area is 105 Å². The summed E-state index contributed by atoms with van der Waals surface area (Å²) in [6, 6.07) is 0.671. The van der Waals surface area contributed by atoms with Gasteiger partial charge in [0.05, 0.1) is 13.2 Å². The molecule has 1 aliphatic carbocycles. The smallest absolute Gasteiger partial charge is 0.0593 e. The first kappa shape index (κ1) is 14.9. The first-order valence-electron chi connectivity index (χ1n) is 6.80. The molecule has 1 saturated carbocycles. The van der Waals surface area contributed by atoms with Gasteiger partial charge in [0.25, 0.3) is 0 Å². The van der Waals surface area contributed by atoms with E-state index < -0.39 is 0 Å². The van der Waals surface area contributed by atoms with E-state index in [1.165, 1.54) is 25.7 Å². The highest BCUT2D eigenvalue weighted by molar-refractivity contribution is 4.77. The van der Waals surface area contributed by atoms with Crippen LogP contribution in [-0.4, -0.2) is 62.7 Å². The van der Waals surface area contributed by atoms with Crippen LogP contribution < -0.4 is 0 Å². The SMILES string of the molecule is COCCCOCCN(CCO)C1CCCC1. The van der Waals surface area contributed by atoms with Gasteiger partial charge in [-0.15, -0.1) is 0 Å². The zero-order chi connectivity index (χ0) is 12.3. The van der Waals surface area contributed by atoms with Gasteiger partial charge in [-0.1, -0.05) is 12.8 Å². The van der Waals surface area contributed by atoms with E-state index in [0.717, 1.165) is 39.3 Å². The molecule has 0 aromatic rings. The summed E-state index contributed by atoms with van der Waals surface area (Å²) in [4.78, 5) is 2.38. The third kappa shape index (κ3) is 6.36. The molecule has 4 heteroatoms. The number of aliphatic hydroxyl groups excluding tert-OH is 1. The molecule has 0 heterocycles. The molecule has 1 rings (SSSR count). The minimum absolute atomic E-state index is 0.250. The van der Waals surface area contributed by atoms with Crippen LogP contribution in [0.3, 0.4) is 0 Å². The quantitative estimate of drug-likeness (QED) is 0.589. The molecule has 0 radical (unpaired) electrons. The molecule has 0 amide bonds. The summed E-state index contributed by atoms with van der Waals surface area (Å²) in [5.41, 5.74) is 0. The molecule has 1 aliphatic rings. The van der Waals surface area contributed by atoms with Gasteiger partial charge >= 0.3 is 0 Å². The molecule has 0 aliphatic heterocycles. The molecule has 1 fully saturated rings. The standard InChI is InChI=1S/C13H27NO3/c1-16-10-4-11-17-12-8-14(7-9-15)13-5-2-3-6-13/h13,15H,2-12H2,1H3. The van der Waals surface area contributed by atoms with Crippen molar-refractivity contribution in [2.24, 2.45) is 0 Å². The molecule has 0 aromatic heterocycles. The maximum Gasteiger partial charge on any atom is 0.0593 e. The molecule has 0 saturated heterocycles. The molecule has 0 unspecified atom stereocenters. The highest BCUT2D eigenvalue weighted by Crippen LogP contribution is 2.22. The average Bonchev–Trinajstić information content (AvgIpc) is 2.86. The number of hydrogen-bond donors (Lipinski definition) is 1. The van der Waals surface area contributed by atoms with Gasteiger partial charge in [-0.05, 0) is 19.3 Å². The van der Waals surface area contributed by atoms with Crippen molar-refractivity contribution in [1.29, 1.82) is 0 Å². The molecule has 17 heavy (non-hydrogen) atoms. The van der Waals surface area contributed by atoms with E-state index in [1.807, 2.05) is 0 Å². The Kier molecular flexibility index (Phi) is 8.61. The Morgan fingerprint density at radius 1 is 1.12 bits per heavy atom. The molecule has 4 nitrogen and oxygen atoms in total. The third-order valence-corrected chi connectivity index (χ3v) is 3.39. The molecule has 0 spiro atoms. The number of aliphatic hydroxyl groups is 1. The van der Waals surface area contributed by atoms with E-state index in [9.17, 15) is 0 Å². The number of hydrogen-bond acceptors (Lipinski definition) is 4. The van der Waals surface area contributed by atoms with Crippen molar-refractivity contribution in [2.75, 3.05) is 46.6 Å². The first-order chi connectivity index (χ1) is 8.38. The molecule has 0 bridgehead atoms. The van der Waals surface area contributed by atoms with Gasteiger partial charge in [-0.2, -0.15) is 0 Å². The second-order valence-corrected chi connectivity index (χ2v) is 4.66. The summed E-state index contributed by atoms with van der Waals surface area (Å²) >= 11 is 0. The Morgan fingerprint density at radius 2 is 1.88 bits per heavy atom. The number of methoxy groups -OCH3 is 1.